The minimum Gasteiger partial charge on any atom is -0.480 e. The Morgan fingerprint density at radius 3 is 2.55 bits per heavy atom. The Morgan fingerprint density at radius 1 is 1.40 bits per heavy atom. The molecule has 1 aromatic rings. The average Bonchev–Trinajstić information content (AvgIpc) is 2.75. The number of aromatic nitrogens is 2. The van der Waals surface area contributed by atoms with Gasteiger partial charge < -0.3 is 9.52 Å². The molecule has 110 valence electrons. The van der Waals surface area contributed by atoms with Crippen LogP contribution >= 0.6 is 0 Å². The Balaban J connectivity index is 1.84. The molecule has 2 rings (SSSR count). The van der Waals surface area contributed by atoms with Crippen molar-refractivity contribution in [2.75, 3.05) is 11.9 Å². The summed E-state index contributed by atoms with van der Waals surface area (Å²) in [4.78, 5) is 22.8. The van der Waals surface area contributed by atoms with E-state index in [4.69, 9.17) is 9.52 Å². The normalized spacial score (nSPS) is 16.8. The van der Waals surface area contributed by atoms with Crippen molar-refractivity contribution < 1.29 is 19.1 Å². The molecule has 0 saturated heterocycles. The smallest absolute Gasteiger partial charge is 0.323 e. The predicted octanol–water partition coefficient (Wildman–Crippen LogP) is 0.728. The van der Waals surface area contributed by atoms with Crippen LogP contribution in [0.4, 0.5) is 6.01 Å². The van der Waals surface area contributed by atoms with Crippen LogP contribution in [-0.4, -0.2) is 39.3 Å². The summed E-state index contributed by atoms with van der Waals surface area (Å²) in [5, 5.41) is 21.8. The largest absolute Gasteiger partial charge is 0.480 e. The van der Waals surface area contributed by atoms with Crippen molar-refractivity contribution in [2.24, 2.45) is 0 Å². The Bertz CT molecular complexity index is 507. The minimum absolute atomic E-state index is 0.0264. The van der Waals surface area contributed by atoms with Gasteiger partial charge in [0.15, 0.2) is 0 Å². The van der Waals surface area contributed by atoms with E-state index in [1.54, 1.807) is 0 Å². The highest BCUT2D eigenvalue weighted by Gasteiger charge is 2.44. The molecular weight excluding hydrogens is 264 g/mol. The minimum atomic E-state index is -0.963. The van der Waals surface area contributed by atoms with E-state index < -0.39 is 17.4 Å². The van der Waals surface area contributed by atoms with Crippen LogP contribution in [0, 0.1) is 0 Å². The van der Waals surface area contributed by atoms with Gasteiger partial charge in [-0.25, -0.2) is 0 Å². The Labute approximate surface area is 115 Å². The lowest BCUT2D eigenvalue weighted by Crippen LogP contribution is -2.58. The fourth-order valence-electron chi connectivity index (χ4n) is 1.93. The number of carbonyl (C=O) groups is 2. The van der Waals surface area contributed by atoms with E-state index in [2.05, 4.69) is 20.8 Å². The second-order valence-corrected chi connectivity index (χ2v) is 5.24. The van der Waals surface area contributed by atoms with Gasteiger partial charge in [0.05, 0.1) is 6.54 Å². The third kappa shape index (κ3) is 2.96. The lowest BCUT2D eigenvalue weighted by atomic mass is 9.77. The molecule has 3 N–H and O–H groups in total. The topological polar surface area (TPSA) is 117 Å². The molecule has 1 aliphatic rings. The molecule has 8 heteroatoms. The second-order valence-electron chi connectivity index (χ2n) is 5.24. The van der Waals surface area contributed by atoms with Gasteiger partial charge in [-0.15, -0.1) is 5.10 Å². The summed E-state index contributed by atoms with van der Waals surface area (Å²) in [7, 11) is 0. The van der Waals surface area contributed by atoms with Crippen molar-refractivity contribution >= 4 is 17.9 Å². The first-order chi connectivity index (χ1) is 9.43. The van der Waals surface area contributed by atoms with Crippen molar-refractivity contribution in [1.29, 1.82) is 0 Å². The van der Waals surface area contributed by atoms with E-state index in [0.717, 1.165) is 6.42 Å². The van der Waals surface area contributed by atoms with Crippen LogP contribution in [0.25, 0.3) is 0 Å². The van der Waals surface area contributed by atoms with Crippen LogP contribution in [0.2, 0.25) is 0 Å². The Morgan fingerprint density at radius 2 is 2.10 bits per heavy atom. The van der Waals surface area contributed by atoms with Gasteiger partial charge in [0, 0.05) is 5.92 Å². The summed E-state index contributed by atoms with van der Waals surface area (Å²) in [6.45, 7) is 3.69. The molecule has 8 nitrogen and oxygen atoms in total. The molecule has 1 fully saturated rings. The molecule has 0 aliphatic heterocycles. The quantitative estimate of drug-likeness (QED) is 0.704. The first-order valence-corrected chi connectivity index (χ1v) is 6.54. The first-order valence-electron chi connectivity index (χ1n) is 6.54. The van der Waals surface area contributed by atoms with Crippen LogP contribution in [0.1, 0.15) is 44.9 Å². The lowest BCUT2D eigenvalue weighted by molar-refractivity contribution is -0.148. The van der Waals surface area contributed by atoms with Crippen LogP contribution in [0.5, 0.6) is 0 Å². The number of hydrogen-bond acceptors (Lipinski definition) is 6. The highest BCUT2D eigenvalue weighted by atomic mass is 16.4. The summed E-state index contributed by atoms with van der Waals surface area (Å²) in [6.07, 6.45) is 1.92. The maximum atomic E-state index is 11.7. The number of carbonyl (C=O) groups excluding carboxylic acids is 1. The van der Waals surface area contributed by atoms with Gasteiger partial charge >= 0.3 is 12.0 Å². The Hall–Kier alpha value is -1.96. The third-order valence-electron chi connectivity index (χ3n) is 3.38. The van der Waals surface area contributed by atoms with Crippen molar-refractivity contribution in [3.05, 3.63) is 5.89 Å². The second kappa shape index (κ2) is 5.58. The number of nitrogens with zero attached hydrogens (tertiary/aromatic N) is 2. The summed E-state index contributed by atoms with van der Waals surface area (Å²) in [5.41, 5.74) is -0.963. The fraction of sp³-hybridized carbons (Fsp3) is 0.667. The molecule has 1 saturated carbocycles. The average molecular weight is 282 g/mol. The van der Waals surface area contributed by atoms with Crippen molar-refractivity contribution in [1.82, 2.24) is 15.5 Å². The van der Waals surface area contributed by atoms with Gasteiger partial charge in [-0.05, 0) is 19.3 Å². The molecule has 0 bridgehead atoms. The van der Waals surface area contributed by atoms with E-state index in [1.165, 1.54) is 0 Å². The SMILES string of the molecule is CC(C)c1nnc(NC(=O)CNC2(C(=O)O)CCC2)o1. The van der Waals surface area contributed by atoms with E-state index in [9.17, 15) is 9.59 Å². The third-order valence-corrected chi connectivity index (χ3v) is 3.38. The van der Waals surface area contributed by atoms with Crippen LogP contribution in [0.3, 0.4) is 0 Å². The lowest BCUT2D eigenvalue weighted by Gasteiger charge is -2.38. The zero-order valence-electron chi connectivity index (χ0n) is 11.5. The zero-order chi connectivity index (χ0) is 14.8. The number of aliphatic carboxylic acids is 1. The van der Waals surface area contributed by atoms with E-state index in [0.29, 0.717) is 18.7 Å². The molecule has 1 aromatic heterocycles. The highest BCUT2D eigenvalue weighted by Crippen LogP contribution is 2.31. The molecule has 0 spiro atoms. The molecule has 1 aliphatic carbocycles. The van der Waals surface area contributed by atoms with Gasteiger partial charge in [-0.1, -0.05) is 18.9 Å². The van der Waals surface area contributed by atoms with Gasteiger partial charge in [-0.3, -0.25) is 20.2 Å². The Kier molecular flexibility index (Phi) is 4.03. The number of carboxylic acids is 1. The van der Waals surface area contributed by atoms with Crippen molar-refractivity contribution in [3.63, 3.8) is 0 Å². The molecule has 0 aromatic carbocycles. The van der Waals surface area contributed by atoms with Crippen molar-refractivity contribution in [3.8, 4) is 0 Å². The molecule has 1 heterocycles. The summed E-state index contributed by atoms with van der Waals surface area (Å²) in [6, 6.07) is 0.0264. The van der Waals surface area contributed by atoms with Gasteiger partial charge in [0.25, 0.3) is 0 Å². The van der Waals surface area contributed by atoms with Crippen LogP contribution in [-0.2, 0) is 9.59 Å². The predicted molar refractivity (Wildman–Crippen MR) is 69.2 cm³/mol. The summed E-state index contributed by atoms with van der Waals surface area (Å²) in [5.74, 6) is -0.807. The number of hydrogen-bond donors (Lipinski definition) is 3. The molecular formula is C12H18N4O4. The fourth-order valence-corrected chi connectivity index (χ4v) is 1.93. The van der Waals surface area contributed by atoms with Gasteiger partial charge in [-0.2, -0.15) is 0 Å². The maximum Gasteiger partial charge on any atom is 0.323 e. The number of anilines is 1. The molecule has 1 amide bonds. The van der Waals surface area contributed by atoms with Gasteiger partial charge in [0.1, 0.15) is 5.54 Å². The zero-order valence-corrected chi connectivity index (χ0v) is 11.5. The molecule has 0 atom stereocenters. The highest BCUT2D eigenvalue weighted by molar-refractivity contribution is 5.91. The summed E-state index contributed by atoms with van der Waals surface area (Å²) >= 11 is 0. The van der Waals surface area contributed by atoms with E-state index in [1.807, 2.05) is 13.8 Å². The number of nitrogens with one attached hydrogen (secondary N) is 2. The molecule has 0 unspecified atom stereocenters. The monoisotopic (exact) mass is 282 g/mol. The number of rotatable bonds is 6. The number of carboxylic acid groups (broad SMARTS) is 1. The molecule has 20 heavy (non-hydrogen) atoms. The van der Waals surface area contributed by atoms with E-state index in [-0.39, 0.29) is 18.5 Å². The van der Waals surface area contributed by atoms with E-state index >= 15 is 0 Å². The first kappa shape index (κ1) is 14.4. The number of amides is 1. The molecule has 0 radical (unpaired) electrons. The maximum absolute atomic E-state index is 11.7. The van der Waals surface area contributed by atoms with Crippen LogP contribution in [0.15, 0.2) is 4.42 Å². The van der Waals surface area contributed by atoms with Crippen LogP contribution < -0.4 is 10.6 Å². The standard InChI is InChI=1S/C12H18N4O4/c1-7(2)9-15-16-11(20-9)14-8(17)6-13-12(10(18)19)4-3-5-12/h7,13H,3-6H2,1-2H3,(H,18,19)(H,14,16,17). The van der Waals surface area contributed by atoms with Crippen molar-refractivity contribution in [2.45, 2.75) is 44.6 Å². The summed E-state index contributed by atoms with van der Waals surface area (Å²) < 4.78 is 5.24. The van der Waals surface area contributed by atoms with Gasteiger partial charge in [0.2, 0.25) is 11.8 Å².